The predicted octanol–water partition coefficient (Wildman–Crippen LogP) is -3.07. The van der Waals surface area contributed by atoms with Gasteiger partial charge in [-0.1, -0.05) is 5.92 Å². The molecule has 228 valence electrons. The van der Waals surface area contributed by atoms with E-state index in [-0.39, 0.29) is 29.8 Å². The lowest BCUT2D eigenvalue weighted by atomic mass is 9.96. The van der Waals surface area contributed by atoms with E-state index in [0.717, 1.165) is 6.33 Å². The number of fused-ring (bicyclic) bond motifs is 1. The molecule has 41 heavy (non-hydrogen) atoms. The standard InChI is InChI=1S/C20H29N5O14P2/c21-17-11-18(23-7-22-17)25(8-24-11)19-15(29)13(27)10(37-19)6-36-41(34,35)39-40(32,33)5-3-1-2-4-9-12(26)14(28)16(30)20(31)38-9/h7-10,12-16,19-20,26-31H,2,4-6H2,(H,32,33)(H,34,35)(H2,21,22,23)/t9-,10-,12-,13-,14+,15-,16-,19-,20?/m1/s1. The fourth-order valence-corrected chi connectivity index (χ4v) is 6.52. The molecule has 0 saturated carbocycles. The lowest BCUT2D eigenvalue weighted by Gasteiger charge is -2.38. The number of imidazole rings is 1. The maximum atomic E-state index is 12.3. The number of ether oxygens (including phenoxy) is 2. The molecule has 2 aromatic rings. The van der Waals surface area contributed by atoms with Crippen LogP contribution in [0.2, 0.25) is 0 Å². The number of nitrogens with zero attached hydrogens (tertiary/aromatic N) is 4. The number of hydrogen-bond acceptors (Lipinski definition) is 16. The number of aliphatic hydroxyl groups excluding tert-OH is 6. The van der Waals surface area contributed by atoms with Crippen LogP contribution in [0.25, 0.3) is 11.2 Å². The SMILES string of the molecule is Nc1ncnc2c1ncn2[C@@H]1O[C@H](COP(=O)(O)OP(=O)(O)CC#CCC[C@H]2OC(O)[C@H](O)[C@@H](O)[C@@H]2O)[C@@H](O)[C@H]1O. The molecule has 11 atom stereocenters. The number of anilines is 1. The highest BCUT2D eigenvalue weighted by Gasteiger charge is 2.46. The number of hydrogen-bond donors (Lipinski definition) is 9. The summed E-state index contributed by atoms with van der Waals surface area (Å²) in [5.41, 5.74) is 6.13. The van der Waals surface area contributed by atoms with Crippen molar-refractivity contribution in [1.29, 1.82) is 0 Å². The van der Waals surface area contributed by atoms with E-state index in [1.807, 2.05) is 0 Å². The lowest BCUT2D eigenvalue weighted by Crippen LogP contribution is -2.57. The topological polar surface area (TPSA) is 303 Å². The van der Waals surface area contributed by atoms with Crippen LogP contribution in [0.5, 0.6) is 0 Å². The summed E-state index contributed by atoms with van der Waals surface area (Å²) < 4.78 is 45.4. The van der Waals surface area contributed by atoms with E-state index in [1.54, 1.807) is 0 Å². The van der Waals surface area contributed by atoms with Gasteiger partial charge in [0.2, 0.25) is 0 Å². The normalized spacial score (nSPS) is 35.0. The second-order valence-electron chi connectivity index (χ2n) is 9.20. The van der Waals surface area contributed by atoms with Crippen molar-refractivity contribution in [2.45, 2.75) is 68.1 Å². The van der Waals surface area contributed by atoms with E-state index in [9.17, 15) is 49.6 Å². The lowest BCUT2D eigenvalue weighted by molar-refractivity contribution is -0.282. The number of phosphoric acid groups is 1. The summed E-state index contributed by atoms with van der Waals surface area (Å²) in [4.78, 5) is 31.7. The summed E-state index contributed by atoms with van der Waals surface area (Å²) in [7, 11) is -9.98. The van der Waals surface area contributed by atoms with Crippen molar-refractivity contribution in [3.05, 3.63) is 12.7 Å². The second-order valence-corrected chi connectivity index (χ2v) is 12.6. The molecule has 0 radical (unpaired) electrons. The number of aromatic nitrogens is 4. The molecule has 21 heteroatoms. The Bertz CT molecular complexity index is 1390. The molecule has 4 rings (SSSR count). The number of phosphoric ester groups is 1. The molecule has 0 bridgehead atoms. The van der Waals surface area contributed by atoms with Gasteiger partial charge in [-0.05, 0) is 6.42 Å². The Balaban J connectivity index is 1.27. The Morgan fingerprint density at radius 2 is 1.63 bits per heavy atom. The van der Waals surface area contributed by atoms with E-state index in [1.165, 1.54) is 10.9 Å². The number of aliphatic hydroxyl groups is 6. The summed E-state index contributed by atoms with van der Waals surface area (Å²) in [6.45, 7) is -0.825. The van der Waals surface area contributed by atoms with Crippen LogP contribution in [0, 0.1) is 11.8 Å². The first kappa shape index (κ1) is 31.8. The molecule has 10 N–H and O–H groups in total. The third-order valence-corrected chi connectivity index (χ3v) is 9.16. The van der Waals surface area contributed by atoms with E-state index in [4.69, 9.17) is 19.7 Å². The van der Waals surface area contributed by atoms with Gasteiger partial charge in [0, 0.05) is 6.42 Å². The van der Waals surface area contributed by atoms with Crippen LogP contribution >= 0.6 is 15.4 Å². The average molecular weight is 625 g/mol. The fraction of sp³-hybridized carbons (Fsp3) is 0.650. The predicted molar refractivity (Wildman–Crippen MR) is 133 cm³/mol. The molecule has 0 amide bonds. The number of nitrogens with two attached hydrogens (primary N) is 1. The van der Waals surface area contributed by atoms with Gasteiger partial charge < -0.3 is 55.6 Å². The van der Waals surface area contributed by atoms with Crippen LogP contribution in [-0.4, -0.2) is 122 Å². The van der Waals surface area contributed by atoms with Crippen molar-refractivity contribution in [3.8, 4) is 11.8 Å². The summed E-state index contributed by atoms with van der Waals surface area (Å²) >= 11 is 0. The Morgan fingerprint density at radius 1 is 0.927 bits per heavy atom. The zero-order chi connectivity index (χ0) is 30.1. The zero-order valence-electron chi connectivity index (χ0n) is 21.0. The van der Waals surface area contributed by atoms with Crippen LogP contribution < -0.4 is 5.73 Å². The minimum Gasteiger partial charge on any atom is -0.388 e. The maximum absolute atomic E-state index is 12.3. The van der Waals surface area contributed by atoms with Crippen LogP contribution in [0.15, 0.2) is 12.7 Å². The molecule has 4 heterocycles. The summed E-state index contributed by atoms with van der Waals surface area (Å²) in [5.74, 6) is 4.80. The second kappa shape index (κ2) is 12.6. The molecule has 2 aliphatic rings. The fourth-order valence-electron chi connectivity index (χ4n) is 4.16. The van der Waals surface area contributed by atoms with Gasteiger partial charge in [-0.3, -0.25) is 13.7 Å². The minimum atomic E-state index is -5.19. The van der Waals surface area contributed by atoms with Crippen molar-refractivity contribution in [1.82, 2.24) is 19.5 Å². The van der Waals surface area contributed by atoms with Crippen LogP contribution in [-0.2, 0) is 27.4 Å². The van der Waals surface area contributed by atoms with Crippen molar-refractivity contribution in [3.63, 3.8) is 0 Å². The van der Waals surface area contributed by atoms with Crippen LogP contribution in [0.4, 0.5) is 5.82 Å². The van der Waals surface area contributed by atoms with E-state index < -0.39 is 83.4 Å². The van der Waals surface area contributed by atoms with E-state index in [0.29, 0.717) is 0 Å². The molecule has 2 fully saturated rings. The van der Waals surface area contributed by atoms with Crippen molar-refractivity contribution in [2.24, 2.45) is 0 Å². The quantitative estimate of drug-likeness (QED) is 0.0986. The number of nitrogen functional groups attached to an aromatic ring is 1. The van der Waals surface area contributed by atoms with Crippen LogP contribution in [0.3, 0.4) is 0 Å². The first-order chi connectivity index (χ1) is 19.2. The summed E-state index contributed by atoms with van der Waals surface area (Å²) in [6.07, 6.45) is -12.0. The van der Waals surface area contributed by atoms with Crippen molar-refractivity contribution in [2.75, 3.05) is 18.5 Å². The van der Waals surface area contributed by atoms with Gasteiger partial charge in [0.25, 0.3) is 0 Å². The molecule has 0 aliphatic carbocycles. The first-order valence-electron chi connectivity index (χ1n) is 12.0. The van der Waals surface area contributed by atoms with Gasteiger partial charge in [-0.2, -0.15) is 0 Å². The molecule has 2 saturated heterocycles. The third-order valence-electron chi connectivity index (χ3n) is 6.28. The Labute approximate surface area is 231 Å². The highest BCUT2D eigenvalue weighted by Crippen LogP contribution is 2.59. The molecule has 3 unspecified atom stereocenters. The van der Waals surface area contributed by atoms with Gasteiger partial charge in [0.1, 0.15) is 54.6 Å². The molecular formula is C20H29N5O14P2. The third kappa shape index (κ3) is 7.28. The van der Waals surface area contributed by atoms with Gasteiger partial charge in [-0.25, -0.2) is 23.8 Å². The van der Waals surface area contributed by atoms with Gasteiger partial charge in [0.15, 0.2) is 24.0 Å². The van der Waals surface area contributed by atoms with E-state index in [2.05, 4.69) is 31.1 Å². The summed E-state index contributed by atoms with van der Waals surface area (Å²) in [5, 5.41) is 59.4. The van der Waals surface area contributed by atoms with Gasteiger partial charge >= 0.3 is 15.4 Å². The first-order valence-corrected chi connectivity index (χ1v) is 15.2. The Hall–Kier alpha value is -2.11. The van der Waals surface area contributed by atoms with Crippen molar-refractivity contribution < 1.29 is 67.9 Å². The zero-order valence-corrected chi connectivity index (χ0v) is 22.8. The maximum Gasteiger partial charge on any atom is 0.479 e. The van der Waals surface area contributed by atoms with Gasteiger partial charge in [-0.15, -0.1) is 5.92 Å². The molecule has 0 spiro atoms. The Kier molecular flexibility index (Phi) is 9.80. The summed E-state index contributed by atoms with van der Waals surface area (Å²) in [6, 6.07) is 0. The Morgan fingerprint density at radius 3 is 2.37 bits per heavy atom. The molecule has 19 nitrogen and oxygen atoms in total. The smallest absolute Gasteiger partial charge is 0.388 e. The monoisotopic (exact) mass is 625 g/mol. The van der Waals surface area contributed by atoms with Crippen molar-refractivity contribution >= 4 is 32.4 Å². The van der Waals surface area contributed by atoms with Gasteiger partial charge in [0.05, 0.1) is 19.0 Å². The number of rotatable bonds is 9. The highest BCUT2D eigenvalue weighted by molar-refractivity contribution is 7.64. The molecule has 2 aromatic heterocycles. The minimum absolute atomic E-state index is 0.0288. The molecule has 0 aromatic carbocycles. The van der Waals surface area contributed by atoms with Crippen LogP contribution in [0.1, 0.15) is 19.1 Å². The highest BCUT2D eigenvalue weighted by atomic mass is 31.3. The average Bonchev–Trinajstić information content (AvgIpc) is 3.45. The molecular weight excluding hydrogens is 596 g/mol. The largest absolute Gasteiger partial charge is 0.479 e. The van der Waals surface area contributed by atoms with E-state index >= 15 is 0 Å². The molecule has 2 aliphatic heterocycles.